The molecule has 0 N–H and O–H groups in total. The van der Waals surface area contributed by atoms with Crippen LogP contribution in [0.3, 0.4) is 0 Å². The van der Waals surface area contributed by atoms with Crippen molar-refractivity contribution in [3.8, 4) is 0 Å². The van der Waals surface area contributed by atoms with Gasteiger partial charge in [-0.3, -0.25) is 4.79 Å². The van der Waals surface area contributed by atoms with Crippen molar-refractivity contribution in [2.45, 2.75) is 43.4 Å². The van der Waals surface area contributed by atoms with Crippen LogP contribution in [0.1, 0.15) is 30.4 Å². The number of nitrogens with zero attached hydrogens (tertiary/aromatic N) is 4. The Morgan fingerprint density at radius 3 is 2.50 bits per heavy atom. The molecule has 2 aromatic heterocycles. The number of aryl methyl sites for hydroxylation is 2. The normalized spacial score (nSPS) is 20.3. The summed E-state index contributed by atoms with van der Waals surface area (Å²) in [6.45, 7) is 7.04. The van der Waals surface area contributed by atoms with Gasteiger partial charge in [0, 0.05) is 32.7 Å². The van der Waals surface area contributed by atoms with Gasteiger partial charge < -0.3 is 9.80 Å². The molecule has 0 saturated carbocycles. The maximum Gasteiger partial charge on any atom is 0.253 e. The predicted molar refractivity (Wildman–Crippen MR) is 139 cm³/mol. The lowest BCUT2D eigenvalue weighted by Crippen LogP contribution is -2.57. The summed E-state index contributed by atoms with van der Waals surface area (Å²) in [6, 6.07) is 6.71. The molecule has 0 radical (unpaired) electrons. The van der Waals surface area contributed by atoms with Crippen molar-refractivity contribution in [2.75, 3.05) is 37.6 Å². The predicted octanol–water partition coefficient (Wildman–Crippen LogP) is 4.52. The first-order valence-corrected chi connectivity index (χ1v) is 14.9. The minimum atomic E-state index is -3.75. The van der Waals surface area contributed by atoms with Crippen LogP contribution in [0.25, 0.3) is 10.2 Å². The molecule has 5 rings (SSSR count). The standard InChI is InChI=1S/C23H27ClN4O3S3/c1-15-6-7-18-21(16(15)2)25-23(32-18)27-13-11-26(12-14-27)22(29)17-5-3-4-10-28(17)34(30,31)20-9-8-19(24)33-20/h6-9,17H,3-5,10-14H2,1-2H3. The van der Waals surface area contributed by atoms with Gasteiger partial charge in [-0.1, -0.05) is 35.4 Å². The lowest BCUT2D eigenvalue weighted by Gasteiger charge is -2.40. The van der Waals surface area contributed by atoms with Crippen LogP contribution in [-0.4, -0.2) is 67.3 Å². The molecule has 182 valence electrons. The summed E-state index contributed by atoms with van der Waals surface area (Å²) in [5, 5.41) is 0.979. The Morgan fingerprint density at radius 1 is 1.03 bits per heavy atom. The number of thiophene rings is 1. The number of fused-ring (bicyclic) bond motifs is 1. The second-order valence-electron chi connectivity index (χ2n) is 8.85. The van der Waals surface area contributed by atoms with E-state index >= 15 is 0 Å². The third-order valence-corrected chi connectivity index (χ3v) is 11.5. The van der Waals surface area contributed by atoms with Crippen LogP contribution in [-0.2, 0) is 14.8 Å². The number of halogens is 1. The van der Waals surface area contributed by atoms with Crippen LogP contribution in [0.15, 0.2) is 28.5 Å². The average Bonchev–Trinajstić information content (AvgIpc) is 3.48. The molecule has 0 bridgehead atoms. The van der Waals surface area contributed by atoms with Crippen LogP contribution in [0.5, 0.6) is 0 Å². The van der Waals surface area contributed by atoms with Crippen LogP contribution in [0, 0.1) is 13.8 Å². The molecule has 0 spiro atoms. The average molecular weight is 539 g/mol. The molecule has 2 aliphatic heterocycles. The number of aromatic nitrogens is 1. The minimum absolute atomic E-state index is 0.0960. The van der Waals surface area contributed by atoms with Gasteiger partial charge in [0.25, 0.3) is 10.0 Å². The lowest BCUT2D eigenvalue weighted by atomic mass is 10.0. The molecular formula is C23H27ClN4O3S3. The molecular weight excluding hydrogens is 512 g/mol. The highest BCUT2D eigenvalue weighted by Gasteiger charge is 2.40. The zero-order valence-electron chi connectivity index (χ0n) is 19.2. The lowest BCUT2D eigenvalue weighted by molar-refractivity contribution is -0.136. The van der Waals surface area contributed by atoms with Gasteiger partial charge in [0.05, 0.1) is 14.6 Å². The molecule has 1 amide bonds. The molecule has 1 atom stereocenters. The molecule has 2 aliphatic rings. The van der Waals surface area contributed by atoms with E-state index in [9.17, 15) is 13.2 Å². The minimum Gasteiger partial charge on any atom is -0.345 e. The van der Waals surface area contributed by atoms with E-state index in [0.717, 1.165) is 34.8 Å². The van der Waals surface area contributed by atoms with Gasteiger partial charge >= 0.3 is 0 Å². The van der Waals surface area contributed by atoms with E-state index in [2.05, 4.69) is 30.9 Å². The van der Waals surface area contributed by atoms with Crippen LogP contribution < -0.4 is 4.90 Å². The first kappa shape index (κ1) is 24.0. The number of piperidine rings is 1. The summed E-state index contributed by atoms with van der Waals surface area (Å²) in [5.74, 6) is -0.0960. The number of hydrogen-bond donors (Lipinski definition) is 0. The van der Waals surface area contributed by atoms with Crippen molar-refractivity contribution >= 4 is 65.6 Å². The summed E-state index contributed by atoms with van der Waals surface area (Å²) in [5.41, 5.74) is 3.49. The van der Waals surface area contributed by atoms with Gasteiger partial charge in [-0.25, -0.2) is 13.4 Å². The van der Waals surface area contributed by atoms with Crippen LogP contribution in [0.2, 0.25) is 4.34 Å². The Labute approximate surface area is 213 Å². The van der Waals surface area contributed by atoms with E-state index < -0.39 is 16.1 Å². The second kappa shape index (κ2) is 9.39. The van der Waals surface area contributed by atoms with Gasteiger partial charge in [0.15, 0.2) is 5.13 Å². The molecule has 2 fully saturated rings. The largest absolute Gasteiger partial charge is 0.345 e. The topological polar surface area (TPSA) is 73.8 Å². The monoisotopic (exact) mass is 538 g/mol. The molecule has 4 heterocycles. The number of carbonyl (C=O) groups is 1. The van der Waals surface area contributed by atoms with Crippen molar-refractivity contribution in [3.63, 3.8) is 0 Å². The fraction of sp³-hybridized carbons (Fsp3) is 0.478. The van der Waals surface area contributed by atoms with Gasteiger partial charge in [-0.15, -0.1) is 11.3 Å². The molecule has 1 aromatic carbocycles. The van der Waals surface area contributed by atoms with E-state index in [1.807, 2.05) is 4.90 Å². The Morgan fingerprint density at radius 2 is 1.79 bits per heavy atom. The fourth-order valence-corrected chi connectivity index (χ4v) is 9.01. The Kier molecular flexibility index (Phi) is 6.62. The number of amides is 1. The van der Waals surface area contributed by atoms with E-state index in [0.29, 0.717) is 43.5 Å². The number of benzene rings is 1. The molecule has 34 heavy (non-hydrogen) atoms. The van der Waals surface area contributed by atoms with Crippen molar-refractivity contribution in [2.24, 2.45) is 0 Å². The van der Waals surface area contributed by atoms with Crippen LogP contribution >= 0.6 is 34.3 Å². The quantitative estimate of drug-likeness (QED) is 0.488. The number of anilines is 1. The smallest absolute Gasteiger partial charge is 0.253 e. The van der Waals surface area contributed by atoms with E-state index in [4.69, 9.17) is 16.6 Å². The van der Waals surface area contributed by atoms with Crippen molar-refractivity contribution < 1.29 is 13.2 Å². The Balaban J connectivity index is 1.30. The summed E-state index contributed by atoms with van der Waals surface area (Å²) in [7, 11) is -3.75. The van der Waals surface area contributed by atoms with E-state index in [-0.39, 0.29) is 10.1 Å². The SMILES string of the molecule is Cc1ccc2sc(N3CCN(C(=O)C4CCCCN4S(=O)(=O)c4ccc(Cl)s4)CC3)nc2c1C. The number of piperazine rings is 1. The highest BCUT2D eigenvalue weighted by molar-refractivity contribution is 7.91. The van der Waals surface area contributed by atoms with Gasteiger partial charge in [-0.05, 0) is 56.0 Å². The van der Waals surface area contributed by atoms with Crippen molar-refractivity contribution in [1.82, 2.24) is 14.2 Å². The molecule has 2 saturated heterocycles. The first-order chi connectivity index (χ1) is 16.3. The van der Waals surface area contributed by atoms with Crippen molar-refractivity contribution in [3.05, 3.63) is 39.7 Å². The van der Waals surface area contributed by atoms with Gasteiger partial charge in [0.1, 0.15) is 10.3 Å². The molecule has 3 aromatic rings. The molecule has 0 aliphatic carbocycles. The van der Waals surface area contributed by atoms with E-state index in [1.165, 1.54) is 26.2 Å². The maximum absolute atomic E-state index is 13.5. The van der Waals surface area contributed by atoms with Crippen molar-refractivity contribution in [1.29, 1.82) is 0 Å². The molecule has 7 nitrogen and oxygen atoms in total. The summed E-state index contributed by atoms with van der Waals surface area (Å²) < 4.78 is 29.7. The number of carbonyl (C=O) groups excluding carboxylic acids is 1. The summed E-state index contributed by atoms with van der Waals surface area (Å²) in [4.78, 5) is 22.4. The third-order valence-electron chi connectivity index (χ3n) is 6.79. The van der Waals surface area contributed by atoms with Gasteiger partial charge in [-0.2, -0.15) is 4.31 Å². The number of rotatable bonds is 4. The Hall–Kier alpha value is -1.72. The zero-order chi connectivity index (χ0) is 24.0. The third kappa shape index (κ3) is 4.35. The number of thiazole rings is 1. The maximum atomic E-state index is 13.5. The highest BCUT2D eigenvalue weighted by Crippen LogP contribution is 2.34. The van der Waals surface area contributed by atoms with E-state index in [1.54, 1.807) is 17.4 Å². The first-order valence-electron chi connectivity index (χ1n) is 11.4. The molecule has 11 heteroatoms. The fourth-order valence-electron chi connectivity index (χ4n) is 4.67. The highest BCUT2D eigenvalue weighted by atomic mass is 35.5. The number of hydrogen-bond acceptors (Lipinski definition) is 7. The zero-order valence-corrected chi connectivity index (χ0v) is 22.4. The second-order valence-corrected chi connectivity index (χ2v) is 13.7. The van der Waals surface area contributed by atoms with Gasteiger partial charge in [0.2, 0.25) is 5.91 Å². The van der Waals surface area contributed by atoms with Crippen LogP contribution in [0.4, 0.5) is 5.13 Å². The Bertz CT molecular complexity index is 1330. The summed E-state index contributed by atoms with van der Waals surface area (Å²) in [6.07, 6.45) is 2.15. The molecule has 1 unspecified atom stereocenters. The summed E-state index contributed by atoms with van der Waals surface area (Å²) >= 11 is 8.70. The number of sulfonamides is 1.